The molecule has 226 valence electrons. The van der Waals surface area contributed by atoms with Crippen molar-refractivity contribution in [2.24, 2.45) is 5.92 Å². The molecule has 0 aromatic carbocycles. The molecule has 3 aromatic heterocycles. The number of amides is 3. The van der Waals surface area contributed by atoms with Crippen molar-refractivity contribution in [3.8, 4) is 0 Å². The van der Waals surface area contributed by atoms with Crippen molar-refractivity contribution in [1.29, 1.82) is 0 Å². The van der Waals surface area contributed by atoms with Crippen molar-refractivity contribution >= 4 is 46.4 Å². The quantitative estimate of drug-likeness (QED) is 0.252. The highest BCUT2D eigenvalue weighted by atomic mass is 35.5. The Morgan fingerprint density at radius 1 is 1.19 bits per heavy atom. The standard InChI is InChI=1S/C28H35ClFN7O5/c1-16(2)13-17-18(30)14-31-25-24(17)33-22(34-25)15-37-21(29)12-11-19(27(37)40)32-26(39)20(42-28(41)36(5)6)9-7-8-10-23(38)35(3)4/h8,10-12,14,16,20H,7,9,13,15H2,1-6H3,(H,32,39)(H,31,33,34). The minimum atomic E-state index is -1.25. The smallest absolute Gasteiger partial charge is 0.410 e. The number of pyridine rings is 2. The zero-order valence-electron chi connectivity index (χ0n) is 24.4. The molecule has 0 aliphatic heterocycles. The van der Waals surface area contributed by atoms with Gasteiger partial charge in [0.15, 0.2) is 11.8 Å². The summed E-state index contributed by atoms with van der Waals surface area (Å²) in [4.78, 5) is 64.5. The second-order valence-corrected chi connectivity index (χ2v) is 10.9. The van der Waals surface area contributed by atoms with Gasteiger partial charge in [-0.2, -0.15) is 0 Å². The molecule has 0 saturated heterocycles. The predicted molar refractivity (Wildman–Crippen MR) is 157 cm³/mol. The Kier molecular flexibility index (Phi) is 10.8. The van der Waals surface area contributed by atoms with Crippen LogP contribution in [0.2, 0.25) is 5.15 Å². The third-order valence-electron chi connectivity index (χ3n) is 6.12. The number of halogens is 2. The minimum absolute atomic E-state index is 0.0612. The topological polar surface area (TPSA) is 143 Å². The number of aromatic amines is 1. The Balaban J connectivity index is 1.84. The van der Waals surface area contributed by atoms with Gasteiger partial charge < -0.3 is 24.8 Å². The molecule has 2 N–H and O–H groups in total. The van der Waals surface area contributed by atoms with Crippen LogP contribution < -0.4 is 10.9 Å². The lowest BCUT2D eigenvalue weighted by atomic mass is 10.0. The molecule has 1 atom stereocenters. The molecule has 0 bridgehead atoms. The van der Waals surface area contributed by atoms with Crippen molar-refractivity contribution in [3.63, 3.8) is 0 Å². The van der Waals surface area contributed by atoms with Gasteiger partial charge in [-0.3, -0.25) is 19.0 Å². The highest BCUT2D eigenvalue weighted by molar-refractivity contribution is 6.29. The number of aromatic nitrogens is 4. The molecule has 3 amide bonds. The van der Waals surface area contributed by atoms with E-state index >= 15 is 0 Å². The molecule has 3 heterocycles. The number of carbonyl (C=O) groups excluding carboxylic acids is 3. The molecule has 0 aliphatic rings. The second kappa shape index (κ2) is 14.1. The van der Waals surface area contributed by atoms with Crippen LogP contribution >= 0.6 is 11.6 Å². The number of hydrogen-bond acceptors (Lipinski definition) is 7. The molecule has 0 aliphatic carbocycles. The molecule has 14 heteroatoms. The van der Waals surface area contributed by atoms with Gasteiger partial charge in [-0.1, -0.05) is 31.5 Å². The fraction of sp³-hybridized carbons (Fsp3) is 0.429. The maximum atomic E-state index is 14.5. The van der Waals surface area contributed by atoms with E-state index in [4.69, 9.17) is 16.3 Å². The lowest BCUT2D eigenvalue weighted by Crippen LogP contribution is -2.37. The lowest BCUT2D eigenvalue weighted by molar-refractivity contribution is -0.125. The van der Waals surface area contributed by atoms with Crippen LogP contribution in [-0.2, 0) is 27.3 Å². The first-order valence-corrected chi connectivity index (χ1v) is 13.6. The summed E-state index contributed by atoms with van der Waals surface area (Å²) in [6.45, 7) is 3.83. The third kappa shape index (κ3) is 8.15. The van der Waals surface area contributed by atoms with Gasteiger partial charge in [0.25, 0.3) is 11.5 Å². The van der Waals surface area contributed by atoms with Crippen molar-refractivity contribution in [2.45, 2.75) is 45.8 Å². The number of imidazole rings is 1. The van der Waals surface area contributed by atoms with Crippen LogP contribution in [0.4, 0.5) is 14.9 Å². The predicted octanol–water partition coefficient (Wildman–Crippen LogP) is 3.59. The number of anilines is 1. The maximum absolute atomic E-state index is 14.5. The van der Waals surface area contributed by atoms with Crippen LogP contribution in [-0.4, -0.2) is 81.5 Å². The fourth-order valence-corrected chi connectivity index (χ4v) is 4.13. The van der Waals surface area contributed by atoms with Gasteiger partial charge in [0.1, 0.15) is 22.5 Å². The van der Waals surface area contributed by atoms with Crippen LogP contribution in [0.5, 0.6) is 0 Å². The van der Waals surface area contributed by atoms with Crippen molar-refractivity contribution in [2.75, 3.05) is 33.5 Å². The summed E-state index contributed by atoms with van der Waals surface area (Å²) in [6, 6.07) is 2.77. The van der Waals surface area contributed by atoms with Crippen molar-refractivity contribution < 1.29 is 23.5 Å². The van der Waals surface area contributed by atoms with E-state index in [2.05, 4.69) is 20.3 Å². The first-order valence-electron chi connectivity index (χ1n) is 13.3. The molecule has 0 saturated carbocycles. The number of hydrogen-bond donors (Lipinski definition) is 2. The van der Waals surface area contributed by atoms with E-state index in [0.29, 0.717) is 29.0 Å². The van der Waals surface area contributed by atoms with Crippen molar-refractivity contribution in [3.05, 3.63) is 63.2 Å². The fourth-order valence-electron chi connectivity index (χ4n) is 3.93. The summed E-state index contributed by atoms with van der Waals surface area (Å²) < 4.78 is 21.0. The van der Waals surface area contributed by atoms with Crippen LogP contribution in [0.3, 0.4) is 0 Å². The van der Waals surface area contributed by atoms with E-state index in [1.807, 2.05) is 13.8 Å². The largest absolute Gasteiger partial charge is 0.436 e. The molecule has 42 heavy (non-hydrogen) atoms. The normalized spacial score (nSPS) is 12.1. The molecular formula is C28H35ClFN7O5. The number of likely N-dealkylation sites (N-methyl/N-ethyl adjacent to an activating group) is 1. The van der Waals surface area contributed by atoms with Gasteiger partial charge in [-0.25, -0.2) is 19.2 Å². The van der Waals surface area contributed by atoms with Gasteiger partial charge in [0.05, 0.1) is 18.3 Å². The van der Waals surface area contributed by atoms with E-state index in [1.54, 1.807) is 20.2 Å². The van der Waals surface area contributed by atoms with Gasteiger partial charge >= 0.3 is 6.09 Å². The van der Waals surface area contributed by atoms with Gasteiger partial charge in [-0.05, 0) is 43.4 Å². The average molecular weight is 604 g/mol. The van der Waals surface area contributed by atoms with Gasteiger partial charge in [0, 0.05) is 33.8 Å². The molecule has 3 rings (SSSR count). The summed E-state index contributed by atoms with van der Waals surface area (Å²) in [6.07, 6.45) is 2.83. The number of nitrogens with zero attached hydrogens (tertiary/aromatic N) is 5. The van der Waals surface area contributed by atoms with Gasteiger partial charge in [-0.15, -0.1) is 0 Å². The SMILES string of the molecule is CC(C)Cc1c(F)cnc2nc(Cn3c(Cl)ccc(NC(=O)C(CCC=CC(=O)N(C)C)OC(=O)N(C)C)c3=O)[nH]c12. The molecule has 12 nitrogen and oxygen atoms in total. The summed E-state index contributed by atoms with van der Waals surface area (Å²) in [5.41, 5.74) is 0.468. The number of rotatable bonds is 11. The maximum Gasteiger partial charge on any atom is 0.410 e. The molecule has 1 unspecified atom stereocenters. The highest BCUT2D eigenvalue weighted by Crippen LogP contribution is 2.22. The number of nitrogens with one attached hydrogen (secondary N) is 2. The number of allylic oxidation sites excluding steroid dienone is 1. The lowest BCUT2D eigenvalue weighted by Gasteiger charge is -2.20. The third-order valence-corrected chi connectivity index (χ3v) is 6.45. The zero-order chi connectivity index (χ0) is 31.1. The van der Waals surface area contributed by atoms with E-state index in [0.717, 1.165) is 6.20 Å². The number of H-pyrrole nitrogens is 1. The first-order chi connectivity index (χ1) is 19.8. The molecule has 0 fully saturated rings. The molecule has 3 aromatic rings. The van der Waals surface area contributed by atoms with Crippen LogP contribution in [0, 0.1) is 11.7 Å². The van der Waals surface area contributed by atoms with Gasteiger partial charge in [0.2, 0.25) is 5.91 Å². The Morgan fingerprint density at radius 3 is 2.55 bits per heavy atom. The highest BCUT2D eigenvalue weighted by Gasteiger charge is 2.25. The summed E-state index contributed by atoms with van der Waals surface area (Å²) in [5, 5.41) is 2.60. The van der Waals surface area contributed by atoms with Crippen LogP contribution in [0.15, 0.2) is 35.3 Å². The second-order valence-electron chi connectivity index (χ2n) is 10.5. The minimum Gasteiger partial charge on any atom is -0.436 e. The Bertz CT molecular complexity index is 1550. The number of carbonyl (C=O) groups is 3. The monoisotopic (exact) mass is 603 g/mol. The summed E-state index contributed by atoms with van der Waals surface area (Å²) in [7, 11) is 6.16. The summed E-state index contributed by atoms with van der Waals surface area (Å²) >= 11 is 6.33. The zero-order valence-corrected chi connectivity index (χ0v) is 25.2. The molecule has 0 radical (unpaired) electrons. The average Bonchev–Trinajstić information content (AvgIpc) is 3.34. The Labute approximate surface area is 247 Å². The van der Waals surface area contributed by atoms with Crippen molar-refractivity contribution in [1.82, 2.24) is 29.3 Å². The van der Waals surface area contributed by atoms with E-state index in [-0.39, 0.29) is 42.1 Å². The first kappa shape index (κ1) is 32.3. The van der Waals surface area contributed by atoms with E-state index in [1.165, 1.54) is 46.7 Å². The van der Waals surface area contributed by atoms with E-state index in [9.17, 15) is 23.6 Å². The number of ether oxygens (including phenoxy) is 1. The van der Waals surface area contributed by atoms with Crippen LogP contribution in [0.1, 0.15) is 38.1 Å². The van der Waals surface area contributed by atoms with E-state index < -0.39 is 29.5 Å². The molecular weight excluding hydrogens is 569 g/mol. The Morgan fingerprint density at radius 2 is 1.90 bits per heavy atom. The molecule has 0 spiro atoms. The summed E-state index contributed by atoms with van der Waals surface area (Å²) in [5.74, 6) is -0.908. The Hall–Kier alpha value is -4.26. The van der Waals surface area contributed by atoms with Crippen LogP contribution in [0.25, 0.3) is 11.2 Å². The number of fused-ring (bicyclic) bond motifs is 1.